The third-order valence-electron chi connectivity index (χ3n) is 6.81. The number of aliphatic imine (C=N–C) groups is 1. The second-order valence-corrected chi connectivity index (χ2v) is 11.5. The summed E-state index contributed by atoms with van der Waals surface area (Å²) in [6.45, 7) is 6.98. The van der Waals surface area contributed by atoms with Crippen molar-refractivity contribution in [2.45, 2.75) is 50.8 Å². The fraction of sp³-hybridized carbons (Fsp3) is 0.310. The number of anilines is 1. The van der Waals surface area contributed by atoms with Gasteiger partial charge in [-0.1, -0.05) is 49.4 Å². The maximum absolute atomic E-state index is 13.4. The summed E-state index contributed by atoms with van der Waals surface area (Å²) in [6.07, 6.45) is 0.547. The van der Waals surface area contributed by atoms with Crippen LogP contribution in [0.15, 0.2) is 82.7 Å². The molecule has 2 atom stereocenters. The van der Waals surface area contributed by atoms with E-state index in [1.54, 1.807) is 12.1 Å². The Morgan fingerprint density at radius 1 is 0.973 bits per heavy atom. The summed E-state index contributed by atoms with van der Waals surface area (Å²) in [4.78, 5) is 20.0. The normalized spacial score (nSPS) is 21.3. The number of fused-ring (bicyclic) bond motifs is 1. The third kappa shape index (κ3) is 5.09. The summed E-state index contributed by atoms with van der Waals surface area (Å²) in [5.41, 5.74) is 4.40. The van der Waals surface area contributed by atoms with Crippen molar-refractivity contribution < 1.29 is 17.9 Å². The van der Waals surface area contributed by atoms with Gasteiger partial charge in [-0.15, -0.1) is 0 Å². The van der Waals surface area contributed by atoms with Crippen LogP contribution in [0.2, 0.25) is 0 Å². The summed E-state index contributed by atoms with van der Waals surface area (Å²) in [5, 5.41) is 0. The van der Waals surface area contributed by atoms with E-state index in [1.165, 1.54) is 22.0 Å². The van der Waals surface area contributed by atoms with E-state index in [-0.39, 0.29) is 35.8 Å². The molecule has 37 heavy (non-hydrogen) atoms. The van der Waals surface area contributed by atoms with Gasteiger partial charge in [-0.25, -0.2) is 8.42 Å². The van der Waals surface area contributed by atoms with Crippen LogP contribution in [0, 0.1) is 0 Å². The van der Waals surface area contributed by atoms with Crippen molar-refractivity contribution in [1.29, 1.82) is 0 Å². The van der Waals surface area contributed by atoms with Crippen molar-refractivity contribution >= 4 is 27.5 Å². The topological polar surface area (TPSA) is 79.3 Å². The Morgan fingerprint density at radius 3 is 2.38 bits per heavy atom. The first kappa shape index (κ1) is 25.3. The molecule has 2 aliphatic heterocycles. The number of nitrogens with zero attached hydrogens (tertiary/aromatic N) is 3. The molecular weight excluding hydrogens is 486 g/mol. The highest BCUT2D eigenvalue weighted by atomic mass is 32.2. The minimum atomic E-state index is -3.78. The number of benzene rings is 3. The zero-order chi connectivity index (χ0) is 26.2. The van der Waals surface area contributed by atoms with E-state index in [9.17, 15) is 13.2 Å². The summed E-state index contributed by atoms with van der Waals surface area (Å²) >= 11 is 0. The van der Waals surface area contributed by atoms with Crippen LogP contribution < -0.4 is 4.90 Å². The maximum atomic E-state index is 13.4. The molecule has 2 heterocycles. The lowest BCUT2D eigenvalue weighted by atomic mass is 10.1. The Morgan fingerprint density at radius 2 is 1.68 bits per heavy atom. The number of carbonyl (C=O) groups excluding carboxylic acids is 1. The van der Waals surface area contributed by atoms with Crippen LogP contribution in [-0.4, -0.2) is 49.8 Å². The molecular formula is C29H31N3O4S. The molecule has 192 valence electrons. The summed E-state index contributed by atoms with van der Waals surface area (Å²) in [7, 11) is -3.78. The van der Waals surface area contributed by atoms with E-state index < -0.39 is 15.9 Å². The van der Waals surface area contributed by atoms with Crippen LogP contribution in [0.5, 0.6) is 0 Å². The fourth-order valence-corrected chi connectivity index (χ4v) is 6.58. The van der Waals surface area contributed by atoms with Gasteiger partial charge in [-0.05, 0) is 61.7 Å². The molecule has 0 aliphatic carbocycles. The Hall–Kier alpha value is -3.33. The van der Waals surface area contributed by atoms with E-state index in [1.807, 2.05) is 55.1 Å². The highest BCUT2D eigenvalue weighted by molar-refractivity contribution is 7.89. The average molecular weight is 518 g/mol. The highest BCUT2D eigenvalue weighted by Gasteiger charge is 2.33. The Kier molecular flexibility index (Phi) is 6.98. The summed E-state index contributed by atoms with van der Waals surface area (Å²) in [6, 6.07) is 22.3. The third-order valence-corrected chi connectivity index (χ3v) is 8.64. The minimum Gasteiger partial charge on any atom is -0.373 e. The molecule has 0 N–H and O–H groups in total. The Labute approximate surface area is 218 Å². The molecule has 0 aromatic heterocycles. The molecule has 0 spiro atoms. The highest BCUT2D eigenvalue weighted by Crippen LogP contribution is 2.30. The predicted molar refractivity (Wildman–Crippen MR) is 145 cm³/mol. The Balaban J connectivity index is 1.48. The molecule has 7 nitrogen and oxygen atoms in total. The average Bonchev–Trinajstić information content (AvgIpc) is 3.26. The monoisotopic (exact) mass is 517 g/mol. The second kappa shape index (κ2) is 10.2. The fourth-order valence-electron chi connectivity index (χ4n) is 4.94. The van der Waals surface area contributed by atoms with Crippen molar-refractivity contribution in [3.8, 4) is 0 Å². The van der Waals surface area contributed by atoms with E-state index in [4.69, 9.17) is 4.74 Å². The molecule has 0 unspecified atom stereocenters. The maximum Gasteiger partial charge on any atom is 0.279 e. The van der Waals surface area contributed by atoms with E-state index in [0.29, 0.717) is 12.4 Å². The minimum absolute atomic E-state index is 0.0821. The Bertz CT molecular complexity index is 1440. The number of ether oxygens (including phenoxy) is 1. The molecule has 3 aromatic rings. The number of carbonyl (C=O) groups is 1. The largest absolute Gasteiger partial charge is 0.373 e. The van der Waals surface area contributed by atoms with Gasteiger partial charge >= 0.3 is 0 Å². The molecule has 0 radical (unpaired) electrons. The first-order valence-electron chi connectivity index (χ1n) is 12.6. The van der Waals surface area contributed by atoms with Crippen LogP contribution in [0.3, 0.4) is 0 Å². The van der Waals surface area contributed by atoms with Crippen LogP contribution >= 0.6 is 0 Å². The molecule has 0 bridgehead atoms. The first-order valence-corrected chi connectivity index (χ1v) is 14.0. The van der Waals surface area contributed by atoms with Gasteiger partial charge in [0.15, 0.2) is 0 Å². The zero-order valence-corrected chi connectivity index (χ0v) is 22.1. The van der Waals surface area contributed by atoms with Crippen molar-refractivity contribution in [2.24, 2.45) is 4.99 Å². The van der Waals surface area contributed by atoms with Crippen LogP contribution in [0.25, 0.3) is 0 Å². The lowest BCUT2D eigenvalue weighted by Crippen LogP contribution is -2.48. The summed E-state index contributed by atoms with van der Waals surface area (Å²) < 4.78 is 33.8. The van der Waals surface area contributed by atoms with Crippen molar-refractivity contribution in [2.75, 3.05) is 18.0 Å². The van der Waals surface area contributed by atoms with Crippen molar-refractivity contribution in [1.82, 2.24) is 4.31 Å². The van der Waals surface area contributed by atoms with Crippen molar-refractivity contribution in [3.05, 3.63) is 95.1 Å². The smallest absolute Gasteiger partial charge is 0.279 e. The van der Waals surface area contributed by atoms with E-state index in [0.717, 1.165) is 23.2 Å². The van der Waals surface area contributed by atoms with Gasteiger partial charge in [0, 0.05) is 29.9 Å². The number of aryl methyl sites for hydroxylation is 1. The van der Waals surface area contributed by atoms with Crippen LogP contribution in [0.4, 0.5) is 5.69 Å². The number of morpholine rings is 1. The molecule has 0 saturated carbocycles. The second-order valence-electron chi connectivity index (χ2n) is 9.61. The van der Waals surface area contributed by atoms with Gasteiger partial charge in [0.2, 0.25) is 10.0 Å². The number of hydrogen-bond donors (Lipinski definition) is 0. The SMILES string of the molecule is CCc1ccc(N2Cc3ccccc3C2=NC(=O)c2cccc(S(=O)(=O)N3C[C@@H](C)O[C@H](C)C3)c2)cc1. The number of hydrogen-bond acceptors (Lipinski definition) is 4. The standard InChI is InChI=1S/C29H31N3O4S/c1-4-22-12-14-25(15-13-22)32-19-24-8-5-6-11-27(24)28(32)30-29(33)23-9-7-10-26(16-23)37(34,35)31-17-20(2)36-21(3)18-31/h5-16,20-21H,4,17-19H2,1-3H3/t20-,21-/m1/s1. The number of amides is 1. The van der Waals surface area contributed by atoms with Gasteiger partial charge in [0.25, 0.3) is 5.91 Å². The molecule has 8 heteroatoms. The first-order chi connectivity index (χ1) is 17.8. The van der Waals surface area contributed by atoms with Gasteiger partial charge < -0.3 is 9.64 Å². The lowest BCUT2D eigenvalue weighted by Gasteiger charge is -2.34. The molecule has 1 saturated heterocycles. The number of amidine groups is 1. The molecule has 5 rings (SSSR count). The zero-order valence-electron chi connectivity index (χ0n) is 21.3. The van der Waals surface area contributed by atoms with Gasteiger partial charge in [0.1, 0.15) is 5.84 Å². The number of rotatable bonds is 5. The molecule has 3 aromatic carbocycles. The predicted octanol–water partition coefficient (Wildman–Crippen LogP) is 4.65. The molecule has 2 aliphatic rings. The molecule has 1 fully saturated rings. The van der Waals surface area contributed by atoms with Gasteiger partial charge in [-0.3, -0.25) is 4.79 Å². The van der Waals surface area contributed by atoms with Gasteiger partial charge in [0.05, 0.1) is 23.6 Å². The molecule has 1 amide bonds. The van der Waals surface area contributed by atoms with E-state index >= 15 is 0 Å². The van der Waals surface area contributed by atoms with Crippen LogP contribution in [0.1, 0.15) is 47.8 Å². The van der Waals surface area contributed by atoms with Crippen molar-refractivity contribution in [3.63, 3.8) is 0 Å². The summed E-state index contributed by atoms with van der Waals surface area (Å²) in [5.74, 6) is 0.0802. The quantitative estimate of drug-likeness (QED) is 0.492. The van der Waals surface area contributed by atoms with Gasteiger partial charge in [-0.2, -0.15) is 9.30 Å². The number of sulfonamides is 1. The van der Waals surface area contributed by atoms with Crippen LogP contribution in [-0.2, 0) is 27.7 Å². The lowest BCUT2D eigenvalue weighted by molar-refractivity contribution is -0.0440. The van der Waals surface area contributed by atoms with E-state index in [2.05, 4.69) is 24.0 Å².